The number of anilines is 1. The van der Waals surface area contributed by atoms with Crippen LogP contribution in [-0.4, -0.2) is 19.3 Å². The molecular weight excluding hydrogens is 374 g/mol. The SMILES string of the molecule is O=C(COc1ccc2c(c1)oc(=O)c1ccccc12)Nc1ccc2c(c1)OCO2. The van der Waals surface area contributed by atoms with Crippen LogP contribution >= 0.6 is 0 Å². The van der Waals surface area contributed by atoms with E-state index in [1.54, 1.807) is 42.5 Å². The molecule has 0 saturated carbocycles. The second kappa shape index (κ2) is 6.87. The Hall–Kier alpha value is -4.00. The molecule has 1 aromatic heterocycles. The zero-order valence-electron chi connectivity index (χ0n) is 15.1. The second-order valence-electron chi connectivity index (χ2n) is 6.50. The Balaban J connectivity index is 1.32. The highest BCUT2D eigenvalue weighted by molar-refractivity contribution is 6.04. The molecule has 0 atom stereocenters. The van der Waals surface area contributed by atoms with Crippen LogP contribution in [0.2, 0.25) is 0 Å². The molecule has 5 rings (SSSR count). The van der Waals surface area contributed by atoms with Crippen molar-refractivity contribution in [3.8, 4) is 17.2 Å². The lowest BCUT2D eigenvalue weighted by atomic mass is 10.1. The number of benzene rings is 3. The first kappa shape index (κ1) is 17.1. The zero-order chi connectivity index (χ0) is 19.8. The van der Waals surface area contributed by atoms with E-state index in [4.69, 9.17) is 18.6 Å². The van der Waals surface area contributed by atoms with Crippen LogP contribution in [0.4, 0.5) is 5.69 Å². The number of hydrogen-bond donors (Lipinski definition) is 1. The van der Waals surface area contributed by atoms with Crippen LogP contribution in [0, 0.1) is 0 Å². The molecule has 0 aliphatic carbocycles. The van der Waals surface area contributed by atoms with E-state index in [0.29, 0.717) is 33.9 Å². The summed E-state index contributed by atoms with van der Waals surface area (Å²) in [4.78, 5) is 24.4. The Kier molecular flexibility index (Phi) is 4.05. The molecule has 0 radical (unpaired) electrons. The number of amides is 1. The number of carbonyl (C=O) groups excluding carboxylic acids is 1. The molecule has 1 amide bonds. The molecule has 3 aromatic carbocycles. The van der Waals surface area contributed by atoms with Gasteiger partial charge in [-0.2, -0.15) is 0 Å². The molecule has 144 valence electrons. The van der Waals surface area contributed by atoms with Gasteiger partial charge in [-0.25, -0.2) is 4.79 Å². The number of hydrogen-bond acceptors (Lipinski definition) is 6. The Morgan fingerprint density at radius 2 is 1.76 bits per heavy atom. The highest BCUT2D eigenvalue weighted by Crippen LogP contribution is 2.34. The summed E-state index contributed by atoms with van der Waals surface area (Å²) in [6, 6.07) is 17.6. The quantitative estimate of drug-likeness (QED) is 0.423. The van der Waals surface area contributed by atoms with Crippen molar-refractivity contribution < 1.29 is 23.4 Å². The lowest BCUT2D eigenvalue weighted by Crippen LogP contribution is -2.20. The summed E-state index contributed by atoms with van der Waals surface area (Å²) in [6.07, 6.45) is 0. The maximum atomic E-state index is 12.2. The van der Waals surface area contributed by atoms with E-state index < -0.39 is 5.63 Å². The van der Waals surface area contributed by atoms with Crippen molar-refractivity contribution >= 4 is 33.3 Å². The smallest absolute Gasteiger partial charge is 0.344 e. The highest BCUT2D eigenvalue weighted by atomic mass is 16.7. The monoisotopic (exact) mass is 389 g/mol. The third kappa shape index (κ3) is 3.23. The van der Waals surface area contributed by atoms with E-state index >= 15 is 0 Å². The first-order valence-electron chi connectivity index (χ1n) is 8.95. The summed E-state index contributed by atoms with van der Waals surface area (Å²) >= 11 is 0. The molecule has 1 aliphatic heterocycles. The number of carbonyl (C=O) groups is 1. The average molecular weight is 389 g/mol. The molecule has 4 aromatic rings. The fourth-order valence-corrected chi connectivity index (χ4v) is 3.27. The van der Waals surface area contributed by atoms with Gasteiger partial charge in [-0.1, -0.05) is 18.2 Å². The molecule has 0 bridgehead atoms. The Bertz CT molecular complexity index is 1310. The number of ether oxygens (including phenoxy) is 3. The number of nitrogens with one attached hydrogen (secondary N) is 1. The Labute approximate surface area is 164 Å². The van der Waals surface area contributed by atoms with Crippen molar-refractivity contribution in [2.45, 2.75) is 0 Å². The standard InChI is InChI=1S/C22H15NO6/c24-21(23-13-5-8-18-20(9-13)28-12-27-18)11-26-14-6-7-16-15-3-1-2-4-17(15)22(25)29-19(16)10-14/h1-10H,11-12H2,(H,23,24). The van der Waals surface area contributed by atoms with Crippen LogP contribution in [-0.2, 0) is 4.79 Å². The molecule has 7 heteroatoms. The van der Waals surface area contributed by atoms with Gasteiger partial charge in [-0.15, -0.1) is 0 Å². The predicted octanol–water partition coefficient (Wildman–Crippen LogP) is 3.69. The highest BCUT2D eigenvalue weighted by Gasteiger charge is 2.14. The molecule has 1 aliphatic rings. The largest absolute Gasteiger partial charge is 0.484 e. The maximum absolute atomic E-state index is 12.2. The van der Waals surface area contributed by atoms with E-state index in [1.165, 1.54) is 0 Å². The van der Waals surface area contributed by atoms with Gasteiger partial charge in [0.1, 0.15) is 11.3 Å². The van der Waals surface area contributed by atoms with Gasteiger partial charge in [0.25, 0.3) is 5.91 Å². The summed E-state index contributed by atoms with van der Waals surface area (Å²) in [5.41, 5.74) is 0.576. The van der Waals surface area contributed by atoms with Crippen molar-refractivity contribution in [1.29, 1.82) is 0 Å². The minimum absolute atomic E-state index is 0.170. The van der Waals surface area contributed by atoms with Gasteiger partial charge in [0.15, 0.2) is 18.1 Å². The Morgan fingerprint density at radius 3 is 2.66 bits per heavy atom. The third-order valence-corrected chi connectivity index (χ3v) is 4.62. The van der Waals surface area contributed by atoms with Crippen LogP contribution in [0.15, 0.2) is 69.9 Å². The average Bonchev–Trinajstić information content (AvgIpc) is 3.20. The summed E-state index contributed by atoms with van der Waals surface area (Å²) in [5, 5.41) is 4.88. The first-order valence-corrected chi connectivity index (χ1v) is 8.95. The molecular formula is C22H15NO6. The van der Waals surface area contributed by atoms with Crippen molar-refractivity contribution in [1.82, 2.24) is 0 Å². The molecule has 29 heavy (non-hydrogen) atoms. The molecule has 0 spiro atoms. The molecule has 7 nitrogen and oxygen atoms in total. The van der Waals surface area contributed by atoms with E-state index in [9.17, 15) is 9.59 Å². The van der Waals surface area contributed by atoms with Gasteiger partial charge < -0.3 is 23.9 Å². The van der Waals surface area contributed by atoms with Crippen LogP contribution < -0.4 is 25.2 Å². The van der Waals surface area contributed by atoms with Crippen LogP contribution in [0.1, 0.15) is 0 Å². The summed E-state index contributed by atoms with van der Waals surface area (Å²) < 4.78 is 21.5. The normalized spacial score (nSPS) is 12.3. The van der Waals surface area contributed by atoms with Gasteiger partial charge in [0, 0.05) is 23.2 Å². The summed E-state index contributed by atoms with van der Waals surface area (Å²) in [7, 11) is 0. The van der Waals surface area contributed by atoms with Gasteiger partial charge in [0.2, 0.25) is 6.79 Å². The predicted molar refractivity (Wildman–Crippen MR) is 107 cm³/mol. The number of fused-ring (bicyclic) bond motifs is 4. The zero-order valence-corrected chi connectivity index (χ0v) is 15.1. The van der Waals surface area contributed by atoms with Crippen molar-refractivity contribution in [3.05, 3.63) is 71.1 Å². The van der Waals surface area contributed by atoms with E-state index in [-0.39, 0.29) is 19.3 Å². The molecule has 0 saturated heterocycles. The minimum Gasteiger partial charge on any atom is -0.484 e. The van der Waals surface area contributed by atoms with Crippen LogP contribution in [0.3, 0.4) is 0 Å². The van der Waals surface area contributed by atoms with E-state index in [2.05, 4.69) is 5.32 Å². The Morgan fingerprint density at radius 1 is 0.931 bits per heavy atom. The molecule has 2 heterocycles. The van der Waals surface area contributed by atoms with Crippen LogP contribution in [0.25, 0.3) is 21.7 Å². The van der Waals surface area contributed by atoms with E-state index in [1.807, 2.05) is 18.2 Å². The van der Waals surface area contributed by atoms with Gasteiger partial charge >= 0.3 is 5.63 Å². The first-order chi connectivity index (χ1) is 14.2. The maximum Gasteiger partial charge on any atom is 0.344 e. The summed E-state index contributed by atoms with van der Waals surface area (Å²) in [6.45, 7) is -0.0268. The van der Waals surface area contributed by atoms with E-state index in [0.717, 1.165) is 10.8 Å². The van der Waals surface area contributed by atoms with Crippen LogP contribution in [0.5, 0.6) is 17.2 Å². The third-order valence-electron chi connectivity index (χ3n) is 4.62. The fourth-order valence-electron chi connectivity index (χ4n) is 3.27. The van der Waals surface area contributed by atoms with Gasteiger partial charge in [-0.05, 0) is 35.7 Å². The minimum atomic E-state index is -0.411. The lowest BCUT2D eigenvalue weighted by molar-refractivity contribution is -0.118. The van der Waals surface area contributed by atoms with Crippen molar-refractivity contribution in [2.75, 3.05) is 18.7 Å². The topological polar surface area (TPSA) is 87.0 Å². The van der Waals surface area contributed by atoms with Gasteiger partial charge in [0.05, 0.1) is 5.39 Å². The molecule has 0 unspecified atom stereocenters. The second-order valence-corrected chi connectivity index (χ2v) is 6.50. The molecule has 0 fully saturated rings. The van der Waals surface area contributed by atoms with Gasteiger partial charge in [-0.3, -0.25) is 4.79 Å². The summed E-state index contributed by atoms with van der Waals surface area (Å²) in [5.74, 6) is 1.32. The fraction of sp³-hybridized carbons (Fsp3) is 0.0909. The van der Waals surface area contributed by atoms with Crippen molar-refractivity contribution in [2.24, 2.45) is 0 Å². The molecule has 1 N–H and O–H groups in total. The van der Waals surface area contributed by atoms with Crippen molar-refractivity contribution in [3.63, 3.8) is 0 Å². The lowest BCUT2D eigenvalue weighted by Gasteiger charge is -2.09. The number of rotatable bonds is 4.